The largest absolute Gasteiger partial charge is 0.481 e. The summed E-state index contributed by atoms with van der Waals surface area (Å²) in [5, 5.41) is 13.7. The number of hydrogen-bond donors (Lipinski definition) is 3. The van der Waals surface area contributed by atoms with Crippen molar-refractivity contribution in [1.29, 1.82) is 0 Å². The molecule has 0 bridgehead atoms. The van der Waals surface area contributed by atoms with Crippen molar-refractivity contribution in [1.82, 2.24) is 15.5 Å². The van der Waals surface area contributed by atoms with E-state index in [1.165, 1.54) is 4.90 Å². The molecule has 0 aromatic rings. The minimum absolute atomic E-state index is 0.135. The number of amides is 3. The van der Waals surface area contributed by atoms with Gasteiger partial charge >= 0.3 is 12.0 Å². The van der Waals surface area contributed by atoms with Crippen molar-refractivity contribution in [3.8, 4) is 0 Å². The number of carbonyl (C=O) groups excluding carboxylic acids is 2. The third-order valence-corrected chi connectivity index (χ3v) is 2.92. The van der Waals surface area contributed by atoms with Crippen LogP contribution in [0.5, 0.6) is 0 Å². The van der Waals surface area contributed by atoms with E-state index in [4.69, 9.17) is 5.11 Å². The maximum Gasteiger partial charge on any atom is 0.315 e. The second-order valence-corrected chi connectivity index (χ2v) is 4.68. The van der Waals surface area contributed by atoms with Crippen LogP contribution in [-0.4, -0.2) is 54.1 Å². The lowest BCUT2D eigenvalue weighted by Gasteiger charge is -2.20. The molecule has 7 nitrogen and oxygen atoms in total. The van der Waals surface area contributed by atoms with Gasteiger partial charge in [0.15, 0.2) is 0 Å². The van der Waals surface area contributed by atoms with Crippen LogP contribution in [0.2, 0.25) is 0 Å². The molecule has 0 aromatic heterocycles. The molecule has 20 heavy (non-hydrogen) atoms. The highest BCUT2D eigenvalue weighted by Gasteiger charge is 2.17. The van der Waals surface area contributed by atoms with E-state index in [1.807, 2.05) is 6.92 Å². The smallest absolute Gasteiger partial charge is 0.315 e. The fourth-order valence-electron chi connectivity index (χ4n) is 1.58. The Morgan fingerprint density at radius 3 is 2.40 bits per heavy atom. The summed E-state index contributed by atoms with van der Waals surface area (Å²) in [7, 11) is 1.68. The summed E-state index contributed by atoms with van der Waals surface area (Å²) in [6, 6.07) is -0.944. The van der Waals surface area contributed by atoms with Gasteiger partial charge in [0, 0.05) is 26.6 Å². The van der Waals surface area contributed by atoms with Crippen LogP contribution in [-0.2, 0) is 9.59 Å². The van der Waals surface area contributed by atoms with Crippen LogP contribution in [0, 0.1) is 0 Å². The minimum atomic E-state index is -0.803. The van der Waals surface area contributed by atoms with Crippen molar-refractivity contribution in [2.24, 2.45) is 0 Å². The quantitative estimate of drug-likeness (QED) is 0.546. The van der Waals surface area contributed by atoms with E-state index >= 15 is 0 Å². The summed E-state index contributed by atoms with van der Waals surface area (Å²) in [6.07, 6.45) is 2.23. The van der Waals surface area contributed by atoms with E-state index < -0.39 is 12.0 Å². The molecule has 3 N–H and O–H groups in total. The predicted molar refractivity (Wildman–Crippen MR) is 75.4 cm³/mol. The Morgan fingerprint density at radius 2 is 1.85 bits per heavy atom. The second-order valence-electron chi connectivity index (χ2n) is 4.68. The maximum absolute atomic E-state index is 11.7. The van der Waals surface area contributed by atoms with Gasteiger partial charge in [0.2, 0.25) is 5.91 Å². The summed E-state index contributed by atoms with van der Waals surface area (Å²) in [5.41, 5.74) is 0. The highest BCUT2D eigenvalue weighted by atomic mass is 16.4. The molecule has 0 saturated carbocycles. The SMILES string of the molecule is CCN(C)C(=O)C(C)NC(=O)NCCCCCC(=O)O. The highest BCUT2D eigenvalue weighted by Crippen LogP contribution is 1.98. The minimum Gasteiger partial charge on any atom is -0.481 e. The summed E-state index contributed by atoms with van der Waals surface area (Å²) in [4.78, 5) is 35.1. The molecule has 1 atom stereocenters. The Bertz CT molecular complexity index is 334. The molecule has 116 valence electrons. The van der Waals surface area contributed by atoms with Crippen molar-refractivity contribution < 1.29 is 19.5 Å². The van der Waals surface area contributed by atoms with Crippen LogP contribution in [0.15, 0.2) is 0 Å². The predicted octanol–water partition coefficient (Wildman–Crippen LogP) is 0.797. The lowest BCUT2D eigenvalue weighted by atomic mass is 10.2. The summed E-state index contributed by atoms with van der Waals surface area (Å²) >= 11 is 0. The molecule has 1 unspecified atom stereocenters. The standard InChI is InChI=1S/C13H25N3O4/c1-4-16(3)12(19)10(2)15-13(20)14-9-7-5-6-8-11(17)18/h10H,4-9H2,1-3H3,(H,17,18)(H2,14,15,20). The summed E-state index contributed by atoms with van der Waals surface area (Å²) < 4.78 is 0. The molecule has 0 radical (unpaired) electrons. The molecule has 0 aliphatic carbocycles. The molecule has 7 heteroatoms. The first-order valence-electron chi connectivity index (χ1n) is 6.89. The van der Waals surface area contributed by atoms with E-state index in [0.717, 1.165) is 12.8 Å². The number of carbonyl (C=O) groups is 3. The first kappa shape index (κ1) is 18.2. The topological polar surface area (TPSA) is 98.7 Å². The maximum atomic E-state index is 11.7. The van der Waals surface area contributed by atoms with E-state index in [0.29, 0.717) is 19.5 Å². The first-order chi connectivity index (χ1) is 9.38. The molecule has 0 rings (SSSR count). The number of nitrogens with one attached hydrogen (secondary N) is 2. The number of carboxylic acid groups (broad SMARTS) is 1. The molecular weight excluding hydrogens is 262 g/mol. The highest BCUT2D eigenvalue weighted by molar-refractivity contribution is 5.86. The molecule has 0 saturated heterocycles. The molecular formula is C13H25N3O4. The fraction of sp³-hybridized carbons (Fsp3) is 0.769. The van der Waals surface area contributed by atoms with Crippen molar-refractivity contribution in [3.63, 3.8) is 0 Å². The van der Waals surface area contributed by atoms with Gasteiger partial charge in [-0.05, 0) is 26.7 Å². The van der Waals surface area contributed by atoms with Crippen LogP contribution in [0.3, 0.4) is 0 Å². The van der Waals surface area contributed by atoms with Crippen molar-refractivity contribution >= 4 is 17.9 Å². The van der Waals surface area contributed by atoms with Crippen LogP contribution in [0.1, 0.15) is 39.5 Å². The Labute approximate surface area is 119 Å². The Hall–Kier alpha value is -1.79. The number of unbranched alkanes of at least 4 members (excludes halogenated alkanes) is 2. The van der Waals surface area contributed by atoms with Gasteiger partial charge in [-0.3, -0.25) is 9.59 Å². The van der Waals surface area contributed by atoms with E-state index in [2.05, 4.69) is 10.6 Å². The number of hydrogen-bond acceptors (Lipinski definition) is 3. The molecule has 0 aromatic carbocycles. The number of nitrogens with zero attached hydrogens (tertiary/aromatic N) is 1. The van der Waals surface area contributed by atoms with E-state index in [-0.39, 0.29) is 18.4 Å². The van der Waals surface area contributed by atoms with Gasteiger partial charge in [0.25, 0.3) is 0 Å². The van der Waals surface area contributed by atoms with Gasteiger partial charge < -0.3 is 20.6 Å². The van der Waals surface area contributed by atoms with Gasteiger partial charge in [-0.2, -0.15) is 0 Å². The molecule has 0 heterocycles. The summed E-state index contributed by atoms with van der Waals surface area (Å²) in [5.74, 6) is -0.938. The third-order valence-electron chi connectivity index (χ3n) is 2.92. The fourth-order valence-corrected chi connectivity index (χ4v) is 1.58. The Balaban J connectivity index is 3.73. The van der Waals surface area contributed by atoms with Crippen molar-refractivity contribution in [3.05, 3.63) is 0 Å². The second kappa shape index (κ2) is 10.1. The van der Waals surface area contributed by atoms with Crippen LogP contribution in [0.4, 0.5) is 4.79 Å². The molecule has 0 fully saturated rings. The average molecular weight is 287 g/mol. The lowest BCUT2D eigenvalue weighted by Crippen LogP contribution is -2.49. The van der Waals surface area contributed by atoms with Crippen LogP contribution < -0.4 is 10.6 Å². The first-order valence-corrected chi connectivity index (χ1v) is 6.89. The molecule has 0 spiro atoms. The van der Waals surface area contributed by atoms with Gasteiger partial charge in [-0.1, -0.05) is 6.42 Å². The van der Waals surface area contributed by atoms with Crippen molar-refractivity contribution in [2.75, 3.05) is 20.1 Å². The number of aliphatic carboxylic acids is 1. The number of urea groups is 1. The summed E-state index contributed by atoms with van der Waals surface area (Å²) in [6.45, 7) is 4.56. The van der Waals surface area contributed by atoms with Crippen molar-refractivity contribution in [2.45, 2.75) is 45.6 Å². The van der Waals surface area contributed by atoms with Crippen LogP contribution >= 0.6 is 0 Å². The number of rotatable bonds is 9. The van der Waals surface area contributed by atoms with Gasteiger partial charge in [-0.25, -0.2) is 4.79 Å². The molecule has 0 aliphatic rings. The van der Waals surface area contributed by atoms with E-state index in [1.54, 1.807) is 14.0 Å². The normalized spacial score (nSPS) is 11.6. The number of carboxylic acids is 1. The molecule has 3 amide bonds. The Kier molecular flexibility index (Phi) is 9.15. The van der Waals surface area contributed by atoms with Crippen LogP contribution in [0.25, 0.3) is 0 Å². The zero-order valence-corrected chi connectivity index (χ0v) is 12.4. The monoisotopic (exact) mass is 287 g/mol. The number of likely N-dealkylation sites (N-methyl/N-ethyl adjacent to an activating group) is 1. The van der Waals surface area contributed by atoms with Gasteiger partial charge in [0.05, 0.1) is 0 Å². The zero-order chi connectivity index (χ0) is 15.5. The molecule has 0 aliphatic heterocycles. The average Bonchev–Trinajstić information content (AvgIpc) is 2.40. The van der Waals surface area contributed by atoms with Gasteiger partial charge in [-0.15, -0.1) is 0 Å². The van der Waals surface area contributed by atoms with E-state index in [9.17, 15) is 14.4 Å². The lowest BCUT2D eigenvalue weighted by molar-refractivity contribution is -0.137. The van der Waals surface area contributed by atoms with Gasteiger partial charge in [0.1, 0.15) is 6.04 Å². The Morgan fingerprint density at radius 1 is 1.20 bits per heavy atom. The zero-order valence-electron chi connectivity index (χ0n) is 12.4. The third kappa shape index (κ3) is 8.34.